The highest BCUT2D eigenvalue weighted by molar-refractivity contribution is 6.04. The van der Waals surface area contributed by atoms with Gasteiger partial charge in [0.25, 0.3) is 5.91 Å². The number of aliphatic carboxylic acids is 1. The molecule has 2 amide bonds. The number of benzene rings is 2. The minimum atomic E-state index is -0.919. The van der Waals surface area contributed by atoms with Gasteiger partial charge in [-0.2, -0.15) is 0 Å². The van der Waals surface area contributed by atoms with Crippen molar-refractivity contribution in [3.63, 3.8) is 0 Å². The molecule has 3 N–H and O–H groups in total. The van der Waals surface area contributed by atoms with Crippen molar-refractivity contribution < 1.29 is 19.5 Å². The number of carbonyl (C=O) groups excluding carboxylic acids is 2. The summed E-state index contributed by atoms with van der Waals surface area (Å²) in [5.74, 6) is -1.40. The van der Waals surface area contributed by atoms with Gasteiger partial charge in [0.05, 0.1) is 0 Å². The molecule has 0 fully saturated rings. The summed E-state index contributed by atoms with van der Waals surface area (Å²) in [6.07, 6.45) is 0.393. The Bertz CT molecular complexity index is 793. The highest BCUT2D eigenvalue weighted by Gasteiger charge is 2.08. The lowest BCUT2D eigenvalue weighted by Crippen LogP contribution is -2.14. The Balaban J connectivity index is 1.92. The Labute approximate surface area is 152 Å². The number of hydrogen-bond acceptors (Lipinski definition) is 3. The second-order valence-corrected chi connectivity index (χ2v) is 6.20. The summed E-state index contributed by atoms with van der Waals surface area (Å²) in [6.45, 7) is 3.94. The molecule has 0 saturated carbocycles. The lowest BCUT2D eigenvalue weighted by molar-refractivity contribution is -0.137. The topological polar surface area (TPSA) is 95.5 Å². The summed E-state index contributed by atoms with van der Waals surface area (Å²) in [7, 11) is 0. The fraction of sp³-hybridized carbons (Fsp3) is 0.250. The molecule has 0 unspecified atom stereocenters. The number of nitrogens with one attached hydrogen (secondary N) is 2. The average Bonchev–Trinajstić information content (AvgIpc) is 2.54. The second-order valence-electron chi connectivity index (χ2n) is 6.20. The van der Waals surface area contributed by atoms with E-state index >= 15 is 0 Å². The van der Waals surface area contributed by atoms with Crippen LogP contribution in [0, 0.1) is 13.8 Å². The summed E-state index contributed by atoms with van der Waals surface area (Å²) in [5, 5.41) is 14.1. The van der Waals surface area contributed by atoms with E-state index in [2.05, 4.69) is 10.6 Å². The Morgan fingerprint density at radius 1 is 0.846 bits per heavy atom. The van der Waals surface area contributed by atoms with Crippen molar-refractivity contribution >= 4 is 29.2 Å². The van der Waals surface area contributed by atoms with E-state index in [1.54, 1.807) is 24.3 Å². The number of carboxylic acid groups (broad SMARTS) is 1. The molecule has 6 heteroatoms. The first-order chi connectivity index (χ1) is 12.3. The van der Waals surface area contributed by atoms with E-state index < -0.39 is 5.97 Å². The molecule has 26 heavy (non-hydrogen) atoms. The van der Waals surface area contributed by atoms with Gasteiger partial charge in [-0.3, -0.25) is 14.4 Å². The van der Waals surface area contributed by atoms with Gasteiger partial charge in [0.1, 0.15) is 0 Å². The largest absolute Gasteiger partial charge is 0.481 e. The summed E-state index contributed by atoms with van der Waals surface area (Å²) in [5.41, 5.74) is 3.92. The third-order valence-corrected chi connectivity index (χ3v) is 3.70. The third kappa shape index (κ3) is 6.05. The molecule has 0 aliphatic carbocycles. The van der Waals surface area contributed by atoms with Crippen LogP contribution in [0.25, 0.3) is 0 Å². The molecule has 0 aliphatic heterocycles. The number of carbonyl (C=O) groups is 3. The van der Waals surface area contributed by atoms with Crippen LogP contribution in [0.2, 0.25) is 0 Å². The zero-order valence-corrected chi connectivity index (χ0v) is 14.8. The van der Waals surface area contributed by atoms with E-state index in [-0.39, 0.29) is 31.1 Å². The van der Waals surface area contributed by atoms with E-state index in [0.717, 1.165) is 16.8 Å². The molecule has 0 spiro atoms. The molecular formula is C20H22N2O4. The van der Waals surface area contributed by atoms with Crippen LogP contribution in [0.1, 0.15) is 40.7 Å². The molecule has 0 atom stereocenters. The van der Waals surface area contributed by atoms with Crippen molar-refractivity contribution in [3.8, 4) is 0 Å². The summed E-state index contributed by atoms with van der Waals surface area (Å²) >= 11 is 0. The van der Waals surface area contributed by atoms with Gasteiger partial charge in [0.15, 0.2) is 0 Å². The summed E-state index contributed by atoms with van der Waals surface area (Å²) in [6, 6.07) is 12.4. The third-order valence-electron chi connectivity index (χ3n) is 3.70. The highest BCUT2D eigenvalue weighted by Crippen LogP contribution is 2.16. The van der Waals surface area contributed by atoms with E-state index in [0.29, 0.717) is 11.3 Å². The van der Waals surface area contributed by atoms with Crippen LogP contribution in [0.4, 0.5) is 11.4 Å². The van der Waals surface area contributed by atoms with E-state index in [1.807, 2.05) is 32.0 Å². The molecule has 0 bridgehead atoms. The molecule has 0 aliphatic rings. The Kier molecular flexibility index (Phi) is 6.49. The molecule has 2 aromatic carbocycles. The van der Waals surface area contributed by atoms with Crippen molar-refractivity contribution in [2.75, 3.05) is 10.6 Å². The molecule has 2 aromatic rings. The molecule has 0 radical (unpaired) electrons. The number of amides is 2. The van der Waals surface area contributed by atoms with Gasteiger partial charge in [0.2, 0.25) is 5.91 Å². The van der Waals surface area contributed by atoms with E-state index in [9.17, 15) is 14.4 Å². The molecular weight excluding hydrogens is 332 g/mol. The van der Waals surface area contributed by atoms with E-state index in [1.165, 1.54) is 0 Å². The molecule has 136 valence electrons. The van der Waals surface area contributed by atoms with Gasteiger partial charge in [-0.05, 0) is 67.8 Å². The SMILES string of the molecule is Cc1cc(C)cc(NC(=O)c2ccc(NC(=O)CCCC(=O)O)cc2)c1. The first-order valence-electron chi connectivity index (χ1n) is 8.35. The van der Waals surface area contributed by atoms with Gasteiger partial charge in [-0.15, -0.1) is 0 Å². The Morgan fingerprint density at radius 2 is 1.46 bits per heavy atom. The van der Waals surface area contributed by atoms with Gasteiger partial charge in [-0.25, -0.2) is 0 Å². The van der Waals surface area contributed by atoms with Crippen LogP contribution in [-0.4, -0.2) is 22.9 Å². The predicted molar refractivity (Wildman–Crippen MR) is 100 cm³/mol. The maximum atomic E-state index is 12.3. The summed E-state index contributed by atoms with van der Waals surface area (Å²) < 4.78 is 0. The number of rotatable bonds is 7. The number of carboxylic acids is 1. The standard InChI is InChI=1S/C20H22N2O4/c1-13-10-14(2)12-17(11-13)22-20(26)15-6-8-16(9-7-15)21-18(23)4-3-5-19(24)25/h6-12H,3-5H2,1-2H3,(H,21,23)(H,22,26)(H,24,25). The van der Waals surface area contributed by atoms with Crippen LogP contribution in [-0.2, 0) is 9.59 Å². The quantitative estimate of drug-likeness (QED) is 0.705. The first kappa shape index (κ1) is 19.2. The zero-order chi connectivity index (χ0) is 19.1. The second kappa shape index (κ2) is 8.80. The molecule has 6 nitrogen and oxygen atoms in total. The fourth-order valence-electron chi connectivity index (χ4n) is 2.58. The smallest absolute Gasteiger partial charge is 0.303 e. The van der Waals surface area contributed by atoms with Gasteiger partial charge >= 0.3 is 5.97 Å². The normalized spacial score (nSPS) is 10.2. The number of aryl methyl sites for hydroxylation is 2. The maximum absolute atomic E-state index is 12.3. The van der Waals surface area contributed by atoms with Crippen LogP contribution in [0.5, 0.6) is 0 Å². The van der Waals surface area contributed by atoms with Gasteiger partial charge in [-0.1, -0.05) is 6.07 Å². The van der Waals surface area contributed by atoms with Gasteiger partial charge < -0.3 is 15.7 Å². The molecule has 0 aromatic heterocycles. The average molecular weight is 354 g/mol. The molecule has 0 heterocycles. The highest BCUT2D eigenvalue weighted by atomic mass is 16.4. The van der Waals surface area contributed by atoms with Crippen molar-refractivity contribution in [2.45, 2.75) is 33.1 Å². The van der Waals surface area contributed by atoms with Crippen molar-refractivity contribution in [1.82, 2.24) is 0 Å². The molecule has 0 saturated heterocycles. The van der Waals surface area contributed by atoms with Crippen molar-refractivity contribution in [1.29, 1.82) is 0 Å². The van der Waals surface area contributed by atoms with Crippen LogP contribution in [0.3, 0.4) is 0 Å². The van der Waals surface area contributed by atoms with Crippen LogP contribution >= 0.6 is 0 Å². The monoisotopic (exact) mass is 354 g/mol. The zero-order valence-electron chi connectivity index (χ0n) is 14.8. The lowest BCUT2D eigenvalue weighted by Gasteiger charge is -2.09. The maximum Gasteiger partial charge on any atom is 0.303 e. The predicted octanol–water partition coefficient (Wildman–Crippen LogP) is 3.75. The Hall–Kier alpha value is -3.15. The fourth-order valence-corrected chi connectivity index (χ4v) is 2.58. The van der Waals surface area contributed by atoms with Crippen molar-refractivity contribution in [2.24, 2.45) is 0 Å². The van der Waals surface area contributed by atoms with Crippen LogP contribution < -0.4 is 10.6 Å². The molecule has 2 rings (SSSR count). The number of anilines is 2. The van der Waals surface area contributed by atoms with Gasteiger partial charge in [0, 0.05) is 29.8 Å². The first-order valence-corrected chi connectivity index (χ1v) is 8.35. The minimum Gasteiger partial charge on any atom is -0.481 e. The van der Waals surface area contributed by atoms with Crippen LogP contribution in [0.15, 0.2) is 42.5 Å². The Morgan fingerprint density at radius 3 is 2.04 bits per heavy atom. The number of hydrogen-bond donors (Lipinski definition) is 3. The lowest BCUT2D eigenvalue weighted by atomic mass is 10.1. The van der Waals surface area contributed by atoms with Crippen molar-refractivity contribution in [3.05, 3.63) is 59.2 Å². The summed E-state index contributed by atoms with van der Waals surface area (Å²) in [4.78, 5) is 34.5. The van der Waals surface area contributed by atoms with E-state index in [4.69, 9.17) is 5.11 Å². The minimum absolute atomic E-state index is 0.0367.